The number of aliphatic hydroxyl groups is 1. The van der Waals surface area contributed by atoms with E-state index in [1.54, 1.807) is 12.1 Å². The van der Waals surface area contributed by atoms with E-state index in [9.17, 15) is 9.90 Å². The van der Waals surface area contributed by atoms with E-state index in [4.69, 9.17) is 9.47 Å². The summed E-state index contributed by atoms with van der Waals surface area (Å²) >= 11 is 0. The van der Waals surface area contributed by atoms with Crippen LogP contribution in [0.1, 0.15) is 43.0 Å². The smallest absolute Gasteiger partial charge is 0.338 e. The zero-order valence-electron chi connectivity index (χ0n) is 11.8. The number of carbonyl (C=O) groups excluding carboxylic acids is 1. The van der Waals surface area contributed by atoms with Crippen LogP contribution in [-0.2, 0) is 9.47 Å². The monoisotopic (exact) mass is 278 g/mol. The second-order valence-corrected chi connectivity index (χ2v) is 5.22. The summed E-state index contributed by atoms with van der Waals surface area (Å²) in [5.41, 5.74) is 0.549. The van der Waals surface area contributed by atoms with Crippen molar-refractivity contribution in [1.82, 2.24) is 0 Å². The Labute approximate surface area is 119 Å². The Morgan fingerprint density at radius 3 is 2.75 bits per heavy atom. The molecule has 0 bridgehead atoms. The number of carbonyl (C=O) groups is 1. The van der Waals surface area contributed by atoms with Gasteiger partial charge in [0.25, 0.3) is 0 Å². The van der Waals surface area contributed by atoms with Gasteiger partial charge in [0.15, 0.2) is 0 Å². The molecule has 4 nitrogen and oxygen atoms in total. The van der Waals surface area contributed by atoms with Crippen LogP contribution in [0.25, 0.3) is 0 Å². The molecule has 3 atom stereocenters. The minimum Gasteiger partial charge on any atom is -0.459 e. The SMILES string of the molecule is CCC1CC(O)CCC(COC(=O)c2ccccc2)O1. The second kappa shape index (κ2) is 7.41. The summed E-state index contributed by atoms with van der Waals surface area (Å²) in [5, 5.41) is 9.78. The first-order valence-corrected chi connectivity index (χ1v) is 7.24. The highest BCUT2D eigenvalue weighted by Crippen LogP contribution is 2.21. The van der Waals surface area contributed by atoms with Gasteiger partial charge in [-0.1, -0.05) is 25.1 Å². The van der Waals surface area contributed by atoms with E-state index in [2.05, 4.69) is 0 Å². The third-order valence-electron chi connectivity index (χ3n) is 3.61. The van der Waals surface area contributed by atoms with Gasteiger partial charge in [0, 0.05) is 0 Å². The maximum atomic E-state index is 11.9. The normalized spacial score (nSPS) is 26.8. The molecule has 0 aliphatic carbocycles. The molecule has 1 saturated heterocycles. The van der Waals surface area contributed by atoms with E-state index in [1.807, 2.05) is 25.1 Å². The molecule has 0 amide bonds. The molecular formula is C16H22O4. The van der Waals surface area contributed by atoms with Gasteiger partial charge in [-0.15, -0.1) is 0 Å². The molecule has 2 rings (SSSR count). The zero-order chi connectivity index (χ0) is 14.4. The average Bonchev–Trinajstić information content (AvgIpc) is 2.67. The summed E-state index contributed by atoms with van der Waals surface area (Å²) in [6, 6.07) is 8.94. The molecule has 3 unspecified atom stereocenters. The van der Waals surface area contributed by atoms with Crippen molar-refractivity contribution in [2.75, 3.05) is 6.61 Å². The molecule has 0 aromatic heterocycles. The summed E-state index contributed by atoms with van der Waals surface area (Å²) in [6.45, 7) is 2.28. The Bertz CT molecular complexity index is 418. The van der Waals surface area contributed by atoms with Gasteiger partial charge in [-0.2, -0.15) is 0 Å². The van der Waals surface area contributed by atoms with Crippen molar-refractivity contribution in [3.63, 3.8) is 0 Å². The van der Waals surface area contributed by atoms with Crippen molar-refractivity contribution in [1.29, 1.82) is 0 Å². The van der Waals surface area contributed by atoms with Crippen LogP contribution in [0.15, 0.2) is 30.3 Å². The lowest BCUT2D eigenvalue weighted by molar-refractivity contribution is -0.0479. The van der Waals surface area contributed by atoms with Gasteiger partial charge >= 0.3 is 5.97 Å². The first kappa shape index (κ1) is 15.0. The molecule has 0 spiro atoms. The topological polar surface area (TPSA) is 55.8 Å². The number of ether oxygens (including phenoxy) is 2. The van der Waals surface area contributed by atoms with Gasteiger partial charge in [0.2, 0.25) is 0 Å². The van der Waals surface area contributed by atoms with Gasteiger partial charge in [-0.3, -0.25) is 0 Å². The fraction of sp³-hybridized carbons (Fsp3) is 0.562. The Morgan fingerprint density at radius 1 is 1.30 bits per heavy atom. The molecule has 1 aromatic rings. The highest BCUT2D eigenvalue weighted by Gasteiger charge is 2.25. The molecule has 1 aliphatic rings. The highest BCUT2D eigenvalue weighted by atomic mass is 16.6. The Hall–Kier alpha value is -1.39. The van der Waals surface area contributed by atoms with E-state index in [0.29, 0.717) is 18.4 Å². The number of rotatable bonds is 4. The van der Waals surface area contributed by atoms with Gasteiger partial charge in [-0.25, -0.2) is 4.79 Å². The number of aliphatic hydroxyl groups excluding tert-OH is 1. The summed E-state index contributed by atoms with van der Waals surface area (Å²) < 4.78 is 11.2. The van der Waals surface area contributed by atoms with Crippen LogP contribution in [0.3, 0.4) is 0 Å². The molecule has 20 heavy (non-hydrogen) atoms. The lowest BCUT2D eigenvalue weighted by atomic mass is 10.1. The van der Waals surface area contributed by atoms with Crippen molar-refractivity contribution >= 4 is 5.97 Å². The highest BCUT2D eigenvalue weighted by molar-refractivity contribution is 5.89. The van der Waals surface area contributed by atoms with Crippen LogP contribution in [-0.4, -0.2) is 36.0 Å². The van der Waals surface area contributed by atoms with Crippen molar-refractivity contribution in [2.24, 2.45) is 0 Å². The number of hydrogen-bond acceptors (Lipinski definition) is 4. The van der Waals surface area contributed by atoms with Crippen LogP contribution < -0.4 is 0 Å². The largest absolute Gasteiger partial charge is 0.459 e. The second-order valence-electron chi connectivity index (χ2n) is 5.22. The van der Waals surface area contributed by atoms with Crippen LogP contribution >= 0.6 is 0 Å². The Balaban J connectivity index is 1.85. The number of hydrogen-bond donors (Lipinski definition) is 1. The van der Waals surface area contributed by atoms with E-state index in [0.717, 1.165) is 12.8 Å². The minimum atomic E-state index is -0.327. The third kappa shape index (κ3) is 4.32. The zero-order valence-corrected chi connectivity index (χ0v) is 11.8. The number of esters is 1. The Kier molecular flexibility index (Phi) is 5.56. The third-order valence-corrected chi connectivity index (χ3v) is 3.61. The van der Waals surface area contributed by atoms with Gasteiger partial charge < -0.3 is 14.6 Å². The van der Waals surface area contributed by atoms with E-state index in [1.165, 1.54) is 0 Å². The van der Waals surface area contributed by atoms with Crippen LogP contribution in [0, 0.1) is 0 Å². The van der Waals surface area contributed by atoms with Gasteiger partial charge in [0.05, 0.1) is 23.9 Å². The van der Waals surface area contributed by atoms with Crippen LogP contribution in [0.5, 0.6) is 0 Å². The molecular weight excluding hydrogens is 256 g/mol. The van der Waals surface area contributed by atoms with Crippen LogP contribution in [0.2, 0.25) is 0 Å². The fourth-order valence-electron chi connectivity index (χ4n) is 2.41. The quantitative estimate of drug-likeness (QED) is 0.860. The molecule has 1 aromatic carbocycles. The van der Waals surface area contributed by atoms with Crippen LogP contribution in [0.4, 0.5) is 0 Å². The lowest BCUT2D eigenvalue weighted by Gasteiger charge is -2.20. The molecule has 1 fully saturated rings. The van der Waals surface area contributed by atoms with Crippen molar-refractivity contribution in [2.45, 2.75) is 50.9 Å². The van der Waals surface area contributed by atoms with Crippen molar-refractivity contribution < 1.29 is 19.4 Å². The summed E-state index contributed by atoms with van der Waals surface area (Å²) in [4.78, 5) is 11.9. The molecule has 4 heteroatoms. The maximum absolute atomic E-state index is 11.9. The predicted octanol–water partition coefficient (Wildman–Crippen LogP) is 2.55. The average molecular weight is 278 g/mol. The maximum Gasteiger partial charge on any atom is 0.338 e. The predicted molar refractivity (Wildman–Crippen MR) is 75.5 cm³/mol. The first-order valence-electron chi connectivity index (χ1n) is 7.24. The summed E-state index contributed by atoms with van der Waals surface area (Å²) in [5.74, 6) is -0.327. The molecule has 0 saturated carbocycles. The molecule has 1 N–H and O–H groups in total. The summed E-state index contributed by atoms with van der Waals surface area (Å²) in [7, 11) is 0. The molecule has 0 radical (unpaired) electrons. The number of benzene rings is 1. The van der Waals surface area contributed by atoms with Crippen molar-refractivity contribution in [3.8, 4) is 0 Å². The standard InChI is InChI=1S/C16H22O4/c1-2-14-10-13(17)8-9-15(20-14)11-19-16(18)12-6-4-3-5-7-12/h3-7,13-15,17H,2,8-11H2,1H3. The summed E-state index contributed by atoms with van der Waals surface area (Å²) in [6.07, 6.45) is 2.57. The molecule has 1 aliphatic heterocycles. The van der Waals surface area contributed by atoms with E-state index < -0.39 is 0 Å². The molecule has 1 heterocycles. The van der Waals surface area contributed by atoms with Crippen molar-refractivity contribution in [3.05, 3.63) is 35.9 Å². The lowest BCUT2D eigenvalue weighted by Crippen LogP contribution is -2.25. The van der Waals surface area contributed by atoms with E-state index >= 15 is 0 Å². The minimum absolute atomic E-state index is 0.0490. The first-order chi connectivity index (χ1) is 9.69. The molecule has 110 valence electrons. The Morgan fingerprint density at radius 2 is 2.05 bits per heavy atom. The van der Waals surface area contributed by atoms with Gasteiger partial charge in [0.1, 0.15) is 6.61 Å². The fourth-order valence-corrected chi connectivity index (χ4v) is 2.41. The van der Waals surface area contributed by atoms with E-state index in [-0.39, 0.29) is 30.9 Å². The van der Waals surface area contributed by atoms with Gasteiger partial charge in [-0.05, 0) is 37.8 Å².